The highest BCUT2D eigenvalue weighted by Gasteiger charge is 2.25. The Morgan fingerprint density at radius 2 is 2.00 bits per heavy atom. The Labute approximate surface area is 112 Å². The van der Waals surface area contributed by atoms with E-state index in [2.05, 4.69) is 5.32 Å². The second-order valence-corrected chi connectivity index (χ2v) is 5.12. The molecule has 1 unspecified atom stereocenters. The molecule has 1 atom stereocenters. The summed E-state index contributed by atoms with van der Waals surface area (Å²) in [4.78, 5) is 11.6. The molecule has 1 amide bonds. The Morgan fingerprint density at radius 3 is 2.50 bits per heavy atom. The minimum absolute atomic E-state index is 0.0994. The SMILES string of the molecule is CC(O)C(C)(C)NC(=O)COc1ccc(Cl)cc1. The smallest absolute Gasteiger partial charge is 0.258 e. The Hall–Kier alpha value is -1.26. The van der Waals surface area contributed by atoms with E-state index in [1.165, 1.54) is 0 Å². The predicted molar refractivity (Wildman–Crippen MR) is 70.8 cm³/mol. The van der Waals surface area contributed by atoms with Gasteiger partial charge in [-0.1, -0.05) is 11.6 Å². The maximum absolute atomic E-state index is 11.6. The molecule has 0 aliphatic rings. The number of hydrogen-bond donors (Lipinski definition) is 2. The van der Waals surface area contributed by atoms with Gasteiger partial charge < -0.3 is 15.2 Å². The first-order valence-electron chi connectivity index (χ1n) is 5.69. The van der Waals surface area contributed by atoms with E-state index in [1.54, 1.807) is 45.0 Å². The minimum atomic E-state index is -0.680. The predicted octanol–water partition coefficient (Wildman–Crippen LogP) is 1.99. The number of aliphatic hydroxyl groups excluding tert-OH is 1. The number of carbonyl (C=O) groups is 1. The van der Waals surface area contributed by atoms with Crippen LogP contribution in [0.5, 0.6) is 5.75 Å². The van der Waals surface area contributed by atoms with Crippen LogP contribution in [-0.2, 0) is 4.79 Å². The van der Waals surface area contributed by atoms with E-state index in [4.69, 9.17) is 16.3 Å². The van der Waals surface area contributed by atoms with Gasteiger partial charge in [0, 0.05) is 5.02 Å². The summed E-state index contributed by atoms with van der Waals surface area (Å²) in [5.74, 6) is 0.292. The largest absolute Gasteiger partial charge is 0.484 e. The molecule has 0 aliphatic carbocycles. The molecule has 0 bridgehead atoms. The third-order valence-electron chi connectivity index (χ3n) is 2.69. The number of hydrogen-bond acceptors (Lipinski definition) is 3. The number of amides is 1. The van der Waals surface area contributed by atoms with Crippen molar-refractivity contribution in [1.29, 1.82) is 0 Å². The van der Waals surface area contributed by atoms with Crippen molar-refractivity contribution in [2.24, 2.45) is 0 Å². The van der Waals surface area contributed by atoms with Crippen molar-refractivity contribution in [1.82, 2.24) is 5.32 Å². The van der Waals surface area contributed by atoms with Crippen molar-refractivity contribution < 1.29 is 14.6 Å². The van der Waals surface area contributed by atoms with Gasteiger partial charge in [0.05, 0.1) is 11.6 Å². The van der Waals surface area contributed by atoms with Gasteiger partial charge in [-0.05, 0) is 45.0 Å². The fourth-order valence-corrected chi connectivity index (χ4v) is 1.31. The van der Waals surface area contributed by atoms with E-state index in [0.717, 1.165) is 0 Å². The maximum Gasteiger partial charge on any atom is 0.258 e. The number of nitrogens with one attached hydrogen (secondary N) is 1. The van der Waals surface area contributed by atoms with Crippen molar-refractivity contribution in [3.8, 4) is 5.75 Å². The average Bonchev–Trinajstić information content (AvgIpc) is 2.27. The van der Waals surface area contributed by atoms with Crippen molar-refractivity contribution in [2.45, 2.75) is 32.4 Å². The molecule has 0 heterocycles. The third kappa shape index (κ3) is 4.55. The van der Waals surface area contributed by atoms with Crippen LogP contribution in [0.15, 0.2) is 24.3 Å². The van der Waals surface area contributed by atoms with Crippen LogP contribution in [0.3, 0.4) is 0 Å². The van der Waals surface area contributed by atoms with Crippen molar-refractivity contribution in [3.05, 3.63) is 29.3 Å². The van der Waals surface area contributed by atoms with Crippen molar-refractivity contribution in [2.75, 3.05) is 6.61 Å². The highest BCUT2D eigenvalue weighted by Crippen LogP contribution is 2.15. The van der Waals surface area contributed by atoms with Crippen molar-refractivity contribution >= 4 is 17.5 Å². The van der Waals surface area contributed by atoms with E-state index in [1.807, 2.05) is 0 Å². The number of benzene rings is 1. The van der Waals surface area contributed by atoms with Gasteiger partial charge in [0.1, 0.15) is 5.75 Å². The van der Waals surface area contributed by atoms with Crippen LogP contribution in [0.1, 0.15) is 20.8 Å². The molecule has 0 saturated carbocycles. The Bertz CT molecular complexity index is 401. The summed E-state index contributed by atoms with van der Waals surface area (Å²) in [6, 6.07) is 6.76. The standard InChI is InChI=1S/C13H18ClNO3/c1-9(16)13(2,3)15-12(17)8-18-11-6-4-10(14)5-7-11/h4-7,9,16H,8H2,1-3H3,(H,15,17). The minimum Gasteiger partial charge on any atom is -0.484 e. The molecule has 100 valence electrons. The molecular weight excluding hydrogens is 254 g/mol. The average molecular weight is 272 g/mol. The number of rotatable bonds is 5. The summed E-state index contributed by atoms with van der Waals surface area (Å²) in [5.41, 5.74) is -0.680. The number of ether oxygens (including phenoxy) is 1. The summed E-state index contributed by atoms with van der Waals surface area (Å²) in [6.45, 7) is 5.02. The lowest BCUT2D eigenvalue weighted by atomic mass is 9.99. The van der Waals surface area contributed by atoms with Crippen LogP contribution in [0.25, 0.3) is 0 Å². The first kappa shape index (κ1) is 14.8. The van der Waals surface area contributed by atoms with E-state index in [-0.39, 0.29) is 12.5 Å². The Balaban J connectivity index is 2.44. The molecule has 0 aliphatic heterocycles. The zero-order chi connectivity index (χ0) is 13.8. The monoisotopic (exact) mass is 271 g/mol. The van der Waals surface area contributed by atoms with E-state index in [9.17, 15) is 9.90 Å². The summed E-state index contributed by atoms with van der Waals surface area (Å²) >= 11 is 5.73. The molecule has 0 saturated heterocycles. The number of halogens is 1. The molecular formula is C13H18ClNO3. The lowest BCUT2D eigenvalue weighted by Crippen LogP contribution is -2.52. The topological polar surface area (TPSA) is 58.6 Å². The quantitative estimate of drug-likeness (QED) is 0.861. The van der Waals surface area contributed by atoms with Crippen LogP contribution < -0.4 is 10.1 Å². The van der Waals surface area contributed by atoms with E-state index < -0.39 is 11.6 Å². The van der Waals surface area contributed by atoms with Crippen LogP contribution in [0.2, 0.25) is 5.02 Å². The summed E-state index contributed by atoms with van der Waals surface area (Å²) in [7, 11) is 0. The van der Waals surface area contributed by atoms with Crippen LogP contribution in [-0.4, -0.2) is 29.3 Å². The second-order valence-electron chi connectivity index (χ2n) is 4.69. The fraction of sp³-hybridized carbons (Fsp3) is 0.462. The first-order chi connectivity index (χ1) is 8.31. The van der Waals surface area contributed by atoms with Crippen molar-refractivity contribution in [3.63, 3.8) is 0 Å². The lowest BCUT2D eigenvalue weighted by molar-refractivity contribution is -0.126. The molecule has 1 aromatic carbocycles. The van der Waals surface area contributed by atoms with E-state index in [0.29, 0.717) is 10.8 Å². The molecule has 5 heteroatoms. The molecule has 18 heavy (non-hydrogen) atoms. The zero-order valence-corrected chi connectivity index (χ0v) is 11.5. The van der Waals surface area contributed by atoms with Gasteiger partial charge in [0.15, 0.2) is 6.61 Å². The van der Waals surface area contributed by atoms with Gasteiger partial charge in [-0.3, -0.25) is 4.79 Å². The Morgan fingerprint density at radius 1 is 1.44 bits per heavy atom. The lowest BCUT2D eigenvalue weighted by Gasteiger charge is -2.29. The van der Waals surface area contributed by atoms with Gasteiger partial charge in [0.2, 0.25) is 0 Å². The van der Waals surface area contributed by atoms with Gasteiger partial charge in [-0.2, -0.15) is 0 Å². The normalized spacial score (nSPS) is 12.9. The van der Waals surface area contributed by atoms with Gasteiger partial charge in [-0.25, -0.2) is 0 Å². The molecule has 0 aromatic heterocycles. The van der Waals surface area contributed by atoms with Gasteiger partial charge >= 0.3 is 0 Å². The molecule has 4 nitrogen and oxygen atoms in total. The first-order valence-corrected chi connectivity index (χ1v) is 6.06. The summed E-state index contributed by atoms with van der Waals surface area (Å²) in [5, 5.41) is 12.8. The molecule has 0 spiro atoms. The van der Waals surface area contributed by atoms with Crippen LogP contribution in [0, 0.1) is 0 Å². The molecule has 1 aromatic rings. The third-order valence-corrected chi connectivity index (χ3v) is 2.94. The fourth-order valence-electron chi connectivity index (χ4n) is 1.18. The highest BCUT2D eigenvalue weighted by atomic mass is 35.5. The maximum atomic E-state index is 11.6. The zero-order valence-electron chi connectivity index (χ0n) is 10.7. The van der Waals surface area contributed by atoms with Gasteiger partial charge in [0.25, 0.3) is 5.91 Å². The molecule has 0 radical (unpaired) electrons. The molecule has 2 N–H and O–H groups in total. The second kappa shape index (κ2) is 6.07. The van der Waals surface area contributed by atoms with E-state index >= 15 is 0 Å². The van der Waals surface area contributed by atoms with Crippen LogP contribution >= 0.6 is 11.6 Å². The number of carbonyl (C=O) groups excluding carboxylic acids is 1. The summed E-state index contributed by atoms with van der Waals surface area (Å²) < 4.78 is 5.30. The summed E-state index contributed by atoms with van der Waals surface area (Å²) in [6.07, 6.45) is -0.642. The highest BCUT2D eigenvalue weighted by molar-refractivity contribution is 6.30. The number of aliphatic hydroxyl groups is 1. The molecule has 1 rings (SSSR count). The Kier molecular flexibility index (Phi) is 4.99. The molecule has 0 fully saturated rings. The van der Waals surface area contributed by atoms with Gasteiger partial charge in [-0.15, -0.1) is 0 Å². The van der Waals surface area contributed by atoms with Crippen LogP contribution in [0.4, 0.5) is 0 Å².